The number of carbonyl (C=O) groups excluding carboxylic acids is 2. The van der Waals surface area contributed by atoms with Crippen molar-refractivity contribution in [3.63, 3.8) is 0 Å². The minimum atomic E-state index is -0.862. The molecule has 5 aromatic carbocycles. The molecule has 0 fully saturated rings. The molecule has 9 rings (SSSR count). The van der Waals surface area contributed by atoms with Crippen LogP contribution in [0.5, 0.6) is 23.0 Å². The summed E-state index contributed by atoms with van der Waals surface area (Å²) in [5.41, 5.74) is 4.18. The van der Waals surface area contributed by atoms with Crippen molar-refractivity contribution in [1.29, 1.82) is 0 Å². The van der Waals surface area contributed by atoms with Crippen LogP contribution in [0.1, 0.15) is 63.8 Å². The first kappa shape index (κ1) is 38.3. The van der Waals surface area contributed by atoms with Gasteiger partial charge in [-0.1, -0.05) is 12.1 Å². The van der Waals surface area contributed by atoms with Crippen LogP contribution in [-0.2, 0) is 9.47 Å². The van der Waals surface area contributed by atoms with E-state index in [4.69, 9.17) is 28.9 Å². The molecule has 14 nitrogen and oxygen atoms in total. The van der Waals surface area contributed by atoms with Gasteiger partial charge in [-0.05, 0) is 128 Å². The van der Waals surface area contributed by atoms with Crippen molar-refractivity contribution >= 4 is 45.6 Å². The van der Waals surface area contributed by atoms with Crippen molar-refractivity contribution < 1.29 is 28.5 Å². The van der Waals surface area contributed by atoms with Gasteiger partial charge < -0.3 is 18.9 Å². The Bertz CT molecular complexity index is 3050. The van der Waals surface area contributed by atoms with E-state index >= 15 is 0 Å². The number of rotatable bonds is 2. The molecule has 2 aliphatic rings. The van der Waals surface area contributed by atoms with Crippen molar-refractivity contribution in [3.05, 3.63) is 127 Å². The predicted molar refractivity (Wildman–Crippen MR) is 226 cm³/mol. The number of benzene rings is 5. The highest BCUT2D eigenvalue weighted by Gasteiger charge is 2.30. The molecule has 0 saturated carbocycles. The maximum Gasteiger partial charge on any atom is 0.423 e. The van der Waals surface area contributed by atoms with Crippen LogP contribution in [-0.4, -0.2) is 41.7 Å². The van der Waals surface area contributed by atoms with Gasteiger partial charge in [0.15, 0.2) is 23.0 Å². The van der Waals surface area contributed by atoms with E-state index in [9.17, 15) is 19.2 Å². The van der Waals surface area contributed by atoms with Gasteiger partial charge in [-0.3, -0.25) is 9.13 Å². The molecule has 0 N–H and O–H groups in total. The number of aromatic nitrogens is 4. The van der Waals surface area contributed by atoms with Gasteiger partial charge in [-0.25, -0.2) is 29.2 Å². The number of imidazole rings is 2. The zero-order valence-corrected chi connectivity index (χ0v) is 34.9. The first-order valence-corrected chi connectivity index (χ1v) is 19.5. The summed E-state index contributed by atoms with van der Waals surface area (Å²) in [6, 6.07) is 21.5. The van der Waals surface area contributed by atoms with Crippen LogP contribution in [0.15, 0.2) is 92.4 Å². The topological polar surface area (TPSA) is 150 Å². The van der Waals surface area contributed by atoms with Crippen molar-refractivity contribution in [2.75, 3.05) is 0 Å². The molecule has 0 saturated heterocycles. The average Bonchev–Trinajstić information content (AvgIpc) is 3.56. The fourth-order valence-electron chi connectivity index (χ4n) is 7.76. The third-order valence-corrected chi connectivity index (χ3v) is 9.88. The summed E-state index contributed by atoms with van der Waals surface area (Å²) >= 11 is 0. The highest BCUT2D eigenvalue weighted by Crippen LogP contribution is 2.41. The molecule has 7 aromatic rings. The minimum absolute atomic E-state index is 0.290. The van der Waals surface area contributed by atoms with Crippen LogP contribution in [0.25, 0.3) is 33.4 Å². The maximum absolute atomic E-state index is 14.2. The largest absolute Gasteiger partial charge is 0.453 e. The first-order valence-electron chi connectivity index (χ1n) is 19.5. The normalized spacial score (nSPS) is 13.0. The SMILES string of the molecule is Cc1cc(C)cc(-n2c(=O)n(C(=O)OC(C)(C)C)c3cc4c(cc32)Oc2cc3c(cc2=N4)Oc2cc4c(cc2N=3)n(C(=O)OC(C)(C)C)c(=O)n4-c2cc(C)cc(C)c2)c1. The molecule has 60 heavy (non-hydrogen) atoms. The number of carbonyl (C=O) groups is 2. The number of fused-ring (bicyclic) bond motifs is 6. The zero-order valence-electron chi connectivity index (χ0n) is 34.9. The molecule has 0 atom stereocenters. The van der Waals surface area contributed by atoms with E-state index in [1.807, 2.05) is 64.1 Å². The lowest BCUT2D eigenvalue weighted by molar-refractivity contribution is 0.0526. The van der Waals surface area contributed by atoms with Crippen LogP contribution in [0.2, 0.25) is 0 Å². The molecule has 304 valence electrons. The second-order valence-corrected chi connectivity index (χ2v) is 17.4. The second kappa shape index (κ2) is 13.1. The lowest BCUT2D eigenvalue weighted by atomic mass is 10.1. The summed E-state index contributed by atoms with van der Waals surface area (Å²) in [7, 11) is 0. The van der Waals surface area contributed by atoms with E-state index in [2.05, 4.69) is 0 Å². The van der Waals surface area contributed by atoms with E-state index in [0.717, 1.165) is 31.4 Å². The quantitative estimate of drug-likeness (QED) is 0.168. The molecule has 0 aliphatic carbocycles. The standard InChI is InChI=1S/C46H42N6O8/c1-23-11-24(2)14-27(13-23)49-35-21-39-29(17-33(35)51(41(49)53)43(55)59-45(5,6)7)47-31-20-38-32(19-37(31)57-39)48-30-18-34-36(22-40(30)58-38)50(28-15-25(3)12-26(4)16-28)42(54)52(34)44(56)60-46(8,9)10/h11-22H,1-10H3. The van der Waals surface area contributed by atoms with E-state index < -0.39 is 34.8 Å². The van der Waals surface area contributed by atoms with Gasteiger partial charge in [-0.15, -0.1) is 0 Å². The zero-order chi connectivity index (χ0) is 42.7. The van der Waals surface area contributed by atoms with Gasteiger partial charge in [0.25, 0.3) is 0 Å². The molecule has 2 aromatic heterocycles. The summed E-state index contributed by atoms with van der Waals surface area (Å²) in [5.74, 6) is 1.44. The lowest BCUT2D eigenvalue weighted by Gasteiger charge is -2.20. The Morgan fingerprint density at radius 2 is 0.833 bits per heavy atom. The van der Waals surface area contributed by atoms with Crippen LogP contribution in [0.4, 0.5) is 21.0 Å². The Labute approximate surface area is 343 Å². The summed E-state index contributed by atoms with van der Waals surface area (Å²) in [4.78, 5) is 65.4. The number of nitrogens with zero attached hydrogens (tertiary/aromatic N) is 6. The van der Waals surface area contributed by atoms with Crippen molar-refractivity contribution in [1.82, 2.24) is 18.3 Å². The third kappa shape index (κ3) is 6.53. The van der Waals surface area contributed by atoms with Crippen molar-refractivity contribution in [3.8, 4) is 34.4 Å². The van der Waals surface area contributed by atoms with E-state index in [1.54, 1.807) is 77.9 Å². The summed E-state index contributed by atoms with van der Waals surface area (Å²) in [5, 5.41) is 0.840. The van der Waals surface area contributed by atoms with Gasteiger partial charge >= 0.3 is 23.6 Å². The first-order chi connectivity index (χ1) is 28.2. The summed E-state index contributed by atoms with van der Waals surface area (Å²) in [6.45, 7) is 18.2. The molecule has 0 spiro atoms. The van der Waals surface area contributed by atoms with Gasteiger partial charge in [0, 0.05) is 24.3 Å². The fraction of sp³-hybridized carbons (Fsp3) is 0.261. The third-order valence-electron chi connectivity index (χ3n) is 9.88. The van der Waals surface area contributed by atoms with Gasteiger partial charge in [0.2, 0.25) is 0 Å². The Hall–Kier alpha value is -7.22. The van der Waals surface area contributed by atoms with Crippen LogP contribution in [0, 0.1) is 27.7 Å². The van der Waals surface area contributed by atoms with Gasteiger partial charge in [-0.2, -0.15) is 9.13 Å². The van der Waals surface area contributed by atoms with Crippen LogP contribution >= 0.6 is 0 Å². The smallest absolute Gasteiger partial charge is 0.423 e. The lowest BCUT2D eigenvalue weighted by Crippen LogP contribution is -2.34. The Morgan fingerprint density at radius 1 is 0.483 bits per heavy atom. The number of hydrogen-bond acceptors (Lipinski definition) is 10. The number of ether oxygens (including phenoxy) is 4. The molecule has 0 bridgehead atoms. The minimum Gasteiger partial charge on any atom is -0.453 e. The monoisotopic (exact) mass is 806 g/mol. The van der Waals surface area contributed by atoms with Gasteiger partial charge in [0.05, 0.1) is 33.4 Å². The molecule has 0 radical (unpaired) electrons. The molecule has 0 unspecified atom stereocenters. The van der Waals surface area contributed by atoms with Crippen LogP contribution in [0.3, 0.4) is 0 Å². The molecular formula is C46H42N6O8. The Kier molecular flexibility index (Phi) is 8.39. The maximum atomic E-state index is 14.2. The highest BCUT2D eigenvalue weighted by molar-refractivity contribution is 5.93. The number of aryl methyl sites for hydroxylation is 4. The Morgan fingerprint density at radius 3 is 1.17 bits per heavy atom. The molecular weight excluding hydrogens is 765 g/mol. The summed E-state index contributed by atoms with van der Waals surface area (Å²) in [6.07, 6.45) is -1.64. The predicted octanol–water partition coefficient (Wildman–Crippen LogP) is 8.81. The highest BCUT2D eigenvalue weighted by atomic mass is 16.6. The molecule has 4 heterocycles. The van der Waals surface area contributed by atoms with E-state index in [1.165, 1.54) is 9.13 Å². The molecule has 14 heteroatoms. The van der Waals surface area contributed by atoms with E-state index in [-0.39, 0.29) is 0 Å². The van der Waals surface area contributed by atoms with Gasteiger partial charge in [0.1, 0.15) is 33.3 Å². The van der Waals surface area contributed by atoms with Crippen molar-refractivity contribution in [2.24, 2.45) is 9.98 Å². The van der Waals surface area contributed by atoms with Crippen molar-refractivity contribution in [2.45, 2.75) is 80.4 Å². The number of hydrogen-bond donors (Lipinski definition) is 0. The van der Waals surface area contributed by atoms with E-state index in [0.29, 0.717) is 78.5 Å². The molecule has 0 amide bonds. The fourth-order valence-corrected chi connectivity index (χ4v) is 7.76. The summed E-state index contributed by atoms with van der Waals surface area (Å²) < 4.78 is 29.3. The van der Waals surface area contributed by atoms with Crippen LogP contribution < -0.4 is 31.6 Å². The Balaban J connectivity index is 1.20. The second-order valence-electron chi connectivity index (χ2n) is 17.4. The average molecular weight is 807 g/mol. The molecule has 2 aliphatic heterocycles.